The molecule has 0 saturated carbocycles. The number of terminal acetylenes is 1. The molecule has 1 atom stereocenters. The van der Waals surface area contributed by atoms with Gasteiger partial charge in [-0.15, -0.1) is 0 Å². The van der Waals surface area contributed by atoms with Gasteiger partial charge in [0.15, 0.2) is 0 Å². The predicted molar refractivity (Wildman–Crippen MR) is 105 cm³/mol. The lowest BCUT2D eigenvalue weighted by molar-refractivity contribution is 0.0364. The van der Waals surface area contributed by atoms with Gasteiger partial charge < -0.3 is 5.32 Å². The molecule has 0 aliphatic carbocycles. The number of nitrogens with one attached hydrogen (secondary N) is 2. The number of hydrogen-bond acceptors (Lipinski definition) is 4. The molecule has 132 valence electrons. The average molecular weight is 329 g/mol. The van der Waals surface area contributed by atoms with Gasteiger partial charge in [-0.2, -0.15) is 5.48 Å². The Morgan fingerprint density at radius 2 is 2.21 bits per heavy atom. The third kappa shape index (κ3) is 13.6. The normalized spacial score (nSPS) is 13.1. The van der Waals surface area contributed by atoms with Crippen LogP contribution >= 0.6 is 0 Å². The number of rotatable bonds is 14. The molecule has 4 heteroatoms. The van der Waals surface area contributed by atoms with E-state index in [1.165, 1.54) is 0 Å². The van der Waals surface area contributed by atoms with Crippen LogP contribution in [0, 0.1) is 12.5 Å². The van der Waals surface area contributed by atoms with Gasteiger partial charge in [0, 0.05) is 24.0 Å². The Kier molecular flexibility index (Phi) is 14.4. The first-order valence-corrected chi connectivity index (χ1v) is 8.34. The van der Waals surface area contributed by atoms with Crippen molar-refractivity contribution in [2.45, 2.75) is 45.6 Å². The van der Waals surface area contributed by atoms with Gasteiger partial charge in [-0.3, -0.25) is 9.83 Å². The molecule has 4 nitrogen and oxygen atoms in total. The zero-order chi connectivity index (χ0) is 18.0. The van der Waals surface area contributed by atoms with Crippen molar-refractivity contribution in [2.75, 3.05) is 13.2 Å². The molecule has 0 rings (SSSR count). The molecule has 0 spiro atoms. The maximum atomic E-state index is 5.59. The van der Waals surface area contributed by atoms with Gasteiger partial charge in [0.05, 0.1) is 6.54 Å². The van der Waals surface area contributed by atoms with Crippen molar-refractivity contribution in [3.8, 4) is 12.5 Å². The molecule has 0 heterocycles. The predicted octanol–water partition coefficient (Wildman–Crippen LogP) is 3.91. The van der Waals surface area contributed by atoms with Gasteiger partial charge in [-0.1, -0.05) is 56.7 Å². The van der Waals surface area contributed by atoms with Crippen LogP contribution in [0.3, 0.4) is 0 Å². The van der Waals surface area contributed by atoms with E-state index in [1.807, 2.05) is 25.2 Å². The Morgan fingerprint density at radius 1 is 1.42 bits per heavy atom. The van der Waals surface area contributed by atoms with E-state index >= 15 is 0 Å². The lowest BCUT2D eigenvalue weighted by atomic mass is 10.0. The third-order valence-electron chi connectivity index (χ3n) is 3.20. The van der Waals surface area contributed by atoms with Crippen LogP contribution in [0.1, 0.15) is 39.5 Å². The summed E-state index contributed by atoms with van der Waals surface area (Å²) in [5.41, 5.74) is 5.18. The lowest BCUT2D eigenvalue weighted by Crippen LogP contribution is -2.31. The second-order valence-corrected chi connectivity index (χ2v) is 5.45. The topological polar surface area (TPSA) is 45.7 Å². The number of allylic oxidation sites excluding steroid dienone is 4. The van der Waals surface area contributed by atoms with Gasteiger partial charge in [0.1, 0.15) is 6.61 Å². The highest BCUT2D eigenvalue weighted by Crippen LogP contribution is 2.11. The second-order valence-electron chi connectivity index (χ2n) is 5.45. The molecule has 0 radical (unpaired) electrons. The summed E-state index contributed by atoms with van der Waals surface area (Å²) in [5.74, 6) is 0. The van der Waals surface area contributed by atoms with Gasteiger partial charge in [-0.05, 0) is 32.3 Å². The monoisotopic (exact) mass is 329 g/mol. The fourth-order valence-corrected chi connectivity index (χ4v) is 1.94. The summed E-state index contributed by atoms with van der Waals surface area (Å²) >= 11 is 0. The van der Waals surface area contributed by atoms with Crippen LogP contribution in [-0.4, -0.2) is 24.9 Å². The molecule has 24 heavy (non-hydrogen) atoms. The van der Waals surface area contributed by atoms with E-state index in [0.29, 0.717) is 19.2 Å². The number of hydroxylamine groups is 1. The largest absolute Gasteiger partial charge is 0.322 e. The minimum atomic E-state index is 0.316. The van der Waals surface area contributed by atoms with Crippen LogP contribution in [0.2, 0.25) is 0 Å². The van der Waals surface area contributed by atoms with Crippen molar-refractivity contribution in [3.05, 3.63) is 49.2 Å². The molecule has 0 aromatic carbocycles. The van der Waals surface area contributed by atoms with Crippen molar-refractivity contribution in [2.24, 2.45) is 4.99 Å². The maximum Gasteiger partial charge on any atom is 0.106 e. The van der Waals surface area contributed by atoms with Crippen molar-refractivity contribution in [1.82, 2.24) is 10.8 Å². The number of nitrogens with zero attached hydrogens (tertiary/aromatic N) is 1. The Hall–Kier alpha value is -2.09. The quantitative estimate of drug-likeness (QED) is 0.167. The minimum Gasteiger partial charge on any atom is -0.322 e. The SMILES string of the molecule is C#CN/C=C/CN=C(C)CONC(CCC)CCC(=C)/C=C\C=C. The van der Waals surface area contributed by atoms with E-state index in [9.17, 15) is 0 Å². The molecule has 0 aromatic rings. The summed E-state index contributed by atoms with van der Waals surface area (Å²) < 4.78 is 0. The number of hydrogen-bond donors (Lipinski definition) is 2. The molecule has 0 amide bonds. The van der Waals surface area contributed by atoms with E-state index in [-0.39, 0.29) is 0 Å². The molecular formula is C20H31N3O. The highest BCUT2D eigenvalue weighted by atomic mass is 16.6. The van der Waals surface area contributed by atoms with Crippen LogP contribution in [-0.2, 0) is 4.84 Å². The molecule has 1 unspecified atom stereocenters. The Morgan fingerprint density at radius 3 is 2.88 bits per heavy atom. The zero-order valence-corrected chi connectivity index (χ0v) is 15.1. The van der Waals surface area contributed by atoms with Crippen LogP contribution in [0.5, 0.6) is 0 Å². The van der Waals surface area contributed by atoms with Crippen LogP contribution in [0.15, 0.2) is 54.2 Å². The van der Waals surface area contributed by atoms with E-state index < -0.39 is 0 Å². The van der Waals surface area contributed by atoms with Gasteiger partial charge in [-0.25, -0.2) is 0 Å². The molecule has 0 bridgehead atoms. The first-order valence-electron chi connectivity index (χ1n) is 8.34. The second kappa shape index (κ2) is 15.8. The summed E-state index contributed by atoms with van der Waals surface area (Å²) in [4.78, 5) is 9.96. The molecule has 2 N–H and O–H groups in total. The lowest BCUT2D eigenvalue weighted by Gasteiger charge is -2.18. The summed E-state index contributed by atoms with van der Waals surface area (Å²) in [7, 11) is 0. The van der Waals surface area contributed by atoms with Crippen LogP contribution in [0.4, 0.5) is 0 Å². The standard InChI is InChI=1S/C20H31N3O/c1-6-9-12-18(4)13-14-20(11-7-2)23-24-17-19(5)22-16-10-15-21-8-3/h3,6,9-10,12,15,20-21,23H,1,4,7,11,13-14,16-17H2,2,5H3/b12-9-,15-10+,22-19?. The minimum absolute atomic E-state index is 0.316. The summed E-state index contributed by atoms with van der Waals surface area (Å²) in [6.45, 7) is 12.9. The van der Waals surface area contributed by atoms with Crippen molar-refractivity contribution in [1.29, 1.82) is 0 Å². The molecule has 0 aromatic heterocycles. The van der Waals surface area contributed by atoms with Gasteiger partial charge in [0.2, 0.25) is 0 Å². The number of aliphatic imine (C=N–C) groups is 1. The molecule has 0 aliphatic heterocycles. The van der Waals surface area contributed by atoms with E-state index in [0.717, 1.165) is 37.0 Å². The third-order valence-corrected chi connectivity index (χ3v) is 3.20. The Bertz CT molecular complexity index is 484. The summed E-state index contributed by atoms with van der Waals surface area (Å²) in [6.07, 6.45) is 18.4. The zero-order valence-electron chi connectivity index (χ0n) is 15.1. The first-order chi connectivity index (χ1) is 11.6. The first kappa shape index (κ1) is 21.9. The average Bonchev–Trinajstić information content (AvgIpc) is 2.57. The van der Waals surface area contributed by atoms with Crippen molar-refractivity contribution < 1.29 is 4.84 Å². The smallest absolute Gasteiger partial charge is 0.106 e. The fourth-order valence-electron chi connectivity index (χ4n) is 1.94. The Balaban J connectivity index is 4.09. The van der Waals surface area contributed by atoms with Gasteiger partial charge >= 0.3 is 0 Å². The Labute approximate surface area is 147 Å². The van der Waals surface area contributed by atoms with Crippen molar-refractivity contribution >= 4 is 5.71 Å². The fraction of sp³-hybridized carbons (Fsp3) is 0.450. The van der Waals surface area contributed by atoms with E-state index in [4.69, 9.17) is 11.3 Å². The van der Waals surface area contributed by atoms with Crippen LogP contribution in [0.25, 0.3) is 0 Å². The van der Waals surface area contributed by atoms with Crippen molar-refractivity contribution in [3.63, 3.8) is 0 Å². The molecule has 0 saturated heterocycles. The maximum absolute atomic E-state index is 5.59. The highest BCUT2D eigenvalue weighted by Gasteiger charge is 2.08. The van der Waals surface area contributed by atoms with Gasteiger partial charge in [0.25, 0.3) is 0 Å². The van der Waals surface area contributed by atoms with E-state index in [1.54, 1.807) is 12.3 Å². The molecular weight excluding hydrogens is 298 g/mol. The molecule has 0 fully saturated rings. The van der Waals surface area contributed by atoms with E-state index in [2.05, 4.69) is 41.9 Å². The summed E-state index contributed by atoms with van der Waals surface area (Å²) in [6, 6.07) is 2.63. The van der Waals surface area contributed by atoms with Crippen LogP contribution < -0.4 is 10.8 Å². The highest BCUT2D eigenvalue weighted by molar-refractivity contribution is 5.83. The summed E-state index contributed by atoms with van der Waals surface area (Å²) in [5, 5.41) is 2.65. The molecule has 0 aliphatic rings.